The molecule has 5 rings (SSSR count). The Kier molecular flexibility index (Phi) is 8.40. The largest absolute Gasteiger partial charge is 0.457 e. The van der Waals surface area contributed by atoms with Gasteiger partial charge in [-0.05, 0) is 61.7 Å². The number of nitrogens with two attached hydrogens (primary N) is 1. The van der Waals surface area contributed by atoms with E-state index in [0.29, 0.717) is 23.3 Å². The van der Waals surface area contributed by atoms with Crippen LogP contribution in [0.15, 0.2) is 67.1 Å². The molecule has 2 heterocycles. The van der Waals surface area contributed by atoms with E-state index in [9.17, 15) is 22.4 Å². The van der Waals surface area contributed by atoms with Gasteiger partial charge in [0.05, 0.1) is 23.8 Å². The monoisotopic (exact) mass is 599 g/mol. The van der Waals surface area contributed by atoms with Crippen molar-refractivity contribution in [1.82, 2.24) is 14.8 Å². The number of rotatable bonds is 7. The Bertz CT molecular complexity index is 1750. The van der Waals surface area contributed by atoms with Crippen LogP contribution in [0.5, 0.6) is 11.5 Å². The van der Waals surface area contributed by atoms with E-state index in [1.165, 1.54) is 24.3 Å². The molecular formula is C28H27F2N5O6S. The summed E-state index contributed by atoms with van der Waals surface area (Å²) in [7, 11) is -1.87. The van der Waals surface area contributed by atoms with E-state index >= 15 is 4.39 Å². The Hall–Kier alpha value is -4.69. The number of nitrogens with zero attached hydrogens (tertiary/aromatic N) is 4. The first-order chi connectivity index (χ1) is 19.7. The van der Waals surface area contributed by atoms with Gasteiger partial charge in [0.15, 0.2) is 5.82 Å². The van der Waals surface area contributed by atoms with Crippen molar-refractivity contribution in [2.24, 2.45) is 18.2 Å². The number of halogens is 2. The molecule has 11 nitrogen and oxygen atoms in total. The second-order valence-corrected chi connectivity index (χ2v) is 11.2. The molecule has 3 N–H and O–H groups in total. The van der Waals surface area contributed by atoms with Gasteiger partial charge in [-0.25, -0.2) is 8.78 Å². The summed E-state index contributed by atoms with van der Waals surface area (Å²) in [5, 5.41) is 4.14. The lowest BCUT2D eigenvalue weighted by atomic mass is 10.0. The van der Waals surface area contributed by atoms with Crippen LogP contribution in [-0.2, 0) is 26.8 Å². The van der Waals surface area contributed by atoms with Gasteiger partial charge >= 0.3 is 0 Å². The lowest BCUT2D eigenvalue weighted by Crippen LogP contribution is -2.41. The number of carbonyl (C=O) groups is 2. The van der Waals surface area contributed by atoms with Crippen molar-refractivity contribution in [3.8, 4) is 22.8 Å². The summed E-state index contributed by atoms with van der Waals surface area (Å²) in [6.45, 7) is 1.70. The predicted molar refractivity (Wildman–Crippen MR) is 150 cm³/mol. The van der Waals surface area contributed by atoms with Crippen molar-refractivity contribution < 1.29 is 36.1 Å². The van der Waals surface area contributed by atoms with Gasteiger partial charge < -0.3 is 10.5 Å². The Morgan fingerprint density at radius 2 is 1.76 bits per heavy atom. The topological polar surface area (TPSA) is 158 Å². The molecule has 1 aliphatic carbocycles. The molecule has 14 heteroatoms. The van der Waals surface area contributed by atoms with Crippen molar-refractivity contribution >= 4 is 33.3 Å². The Balaban J connectivity index is 0.000000748. The number of aryl methyl sites for hydroxylation is 2. The van der Waals surface area contributed by atoms with Crippen molar-refractivity contribution in [3.63, 3.8) is 0 Å². The summed E-state index contributed by atoms with van der Waals surface area (Å²) >= 11 is 0. The normalized spacial score (nSPS) is 13.5. The average molecular weight is 600 g/mol. The number of anilines is 2. The summed E-state index contributed by atoms with van der Waals surface area (Å²) in [4.78, 5) is 31.0. The van der Waals surface area contributed by atoms with Crippen LogP contribution in [0.3, 0.4) is 0 Å². The molecule has 0 bridgehead atoms. The van der Waals surface area contributed by atoms with Crippen LogP contribution >= 0.6 is 0 Å². The number of hydrogen-bond donors (Lipinski definition) is 2. The first-order valence-electron chi connectivity index (χ1n) is 12.4. The number of amides is 2. The Labute approximate surface area is 240 Å². The zero-order valence-electron chi connectivity index (χ0n) is 22.8. The van der Waals surface area contributed by atoms with Crippen molar-refractivity contribution in [1.29, 1.82) is 0 Å². The third kappa shape index (κ3) is 6.95. The molecule has 2 aromatic carbocycles. The number of benzene rings is 2. The minimum absolute atomic E-state index is 0.0974. The van der Waals surface area contributed by atoms with Gasteiger partial charge in [-0.3, -0.25) is 28.7 Å². The van der Waals surface area contributed by atoms with Gasteiger partial charge in [0.25, 0.3) is 10.1 Å². The third-order valence-corrected chi connectivity index (χ3v) is 6.36. The highest BCUT2D eigenvalue weighted by atomic mass is 32.2. The van der Waals surface area contributed by atoms with Crippen molar-refractivity contribution in [2.75, 3.05) is 11.2 Å². The minimum atomic E-state index is -3.67. The summed E-state index contributed by atoms with van der Waals surface area (Å²) in [6, 6.07) is 11.0. The summed E-state index contributed by atoms with van der Waals surface area (Å²) in [5.74, 6) is -2.05. The fraction of sp³-hybridized carbons (Fsp3) is 0.214. The van der Waals surface area contributed by atoms with Gasteiger partial charge in [0.2, 0.25) is 11.8 Å². The van der Waals surface area contributed by atoms with Gasteiger partial charge in [-0.15, -0.1) is 0 Å². The third-order valence-electron chi connectivity index (χ3n) is 6.36. The Morgan fingerprint density at radius 3 is 2.31 bits per heavy atom. The number of pyridine rings is 1. The molecule has 42 heavy (non-hydrogen) atoms. The zero-order valence-corrected chi connectivity index (χ0v) is 23.6. The molecule has 2 amide bonds. The van der Waals surface area contributed by atoms with Crippen molar-refractivity contribution in [2.45, 2.75) is 19.8 Å². The van der Waals surface area contributed by atoms with Crippen LogP contribution in [0.2, 0.25) is 0 Å². The zero-order chi connectivity index (χ0) is 30.8. The van der Waals surface area contributed by atoms with E-state index in [1.807, 2.05) is 6.20 Å². The molecule has 1 saturated carbocycles. The van der Waals surface area contributed by atoms with Gasteiger partial charge in [0, 0.05) is 42.8 Å². The number of primary amides is 1. The van der Waals surface area contributed by atoms with E-state index in [-0.39, 0.29) is 30.0 Å². The highest BCUT2D eigenvalue weighted by Gasteiger charge is 2.57. The molecule has 0 radical (unpaired) electrons. The molecular weight excluding hydrogens is 572 g/mol. The maximum Gasteiger partial charge on any atom is 0.261 e. The number of ether oxygens (including phenoxy) is 1. The number of hydrogen-bond acceptors (Lipinski definition) is 7. The lowest BCUT2D eigenvalue weighted by molar-refractivity contribution is -0.133. The van der Waals surface area contributed by atoms with E-state index in [0.717, 1.165) is 22.6 Å². The molecule has 1 aliphatic rings. The molecule has 0 unspecified atom stereocenters. The summed E-state index contributed by atoms with van der Waals surface area (Å²) < 4.78 is 62.7. The van der Waals surface area contributed by atoms with Crippen LogP contribution < -0.4 is 15.4 Å². The van der Waals surface area contributed by atoms with E-state index in [2.05, 4.69) is 10.1 Å². The second-order valence-electron chi connectivity index (χ2n) is 9.75. The molecule has 0 atom stereocenters. The number of aromatic nitrogens is 3. The van der Waals surface area contributed by atoms with Crippen LogP contribution in [0, 0.1) is 24.0 Å². The van der Waals surface area contributed by atoms with E-state index < -0.39 is 39.0 Å². The van der Waals surface area contributed by atoms with E-state index in [1.54, 1.807) is 43.2 Å². The van der Waals surface area contributed by atoms with Crippen molar-refractivity contribution in [3.05, 3.63) is 84.3 Å². The fourth-order valence-electron chi connectivity index (χ4n) is 4.10. The molecule has 2 aromatic heterocycles. The maximum absolute atomic E-state index is 15.6. The average Bonchev–Trinajstić information content (AvgIpc) is 3.62. The van der Waals surface area contributed by atoms with Crippen LogP contribution in [0.25, 0.3) is 11.3 Å². The molecule has 220 valence electrons. The summed E-state index contributed by atoms with van der Waals surface area (Å²) in [5.41, 5.74) is 6.17. The fourth-order valence-corrected chi connectivity index (χ4v) is 4.10. The summed E-state index contributed by atoms with van der Waals surface area (Å²) in [6.07, 6.45) is 6.31. The highest BCUT2D eigenvalue weighted by Crippen LogP contribution is 2.49. The van der Waals surface area contributed by atoms with Gasteiger partial charge in [-0.2, -0.15) is 13.5 Å². The van der Waals surface area contributed by atoms with E-state index in [4.69, 9.17) is 15.0 Å². The highest BCUT2D eigenvalue weighted by molar-refractivity contribution is 7.85. The minimum Gasteiger partial charge on any atom is -0.457 e. The lowest BCUT2D eigenvalue weighted by Gasteiger charge is -2.27. The maximum atomic E-state index is 15.6. The molecule has 0 saturated heterocycles. The first-order valence-corrected chi connectivity index (χ1v) is 14.3. The predicted octanol–water partition coefficient (Wildman–Crippen LogP) is 4.30. The molecule has 4 aromatic rings. The quantitative estimate of drug-likeness (QED) is 0.235. The Morgan fingerprint density at radius 1 is 1.12 bits per heavy atom. The second kappa shape index (κ2) is 11.7. The van der Waals surface area contributed by atoms with Crippen LogP contribution in [0.1, 0.15) is 18.4 Å². The van der Waals surface area contributed by atoms with Gasteiger partial charge in [0.1, 0.15) is 22.7 Å². The SMILES string of the molecule is CS(=O)(=O)O.Cc1cc(N(C(=O)C2(C(N)=O)CC2)c2ccc(F)cc2)c(F)cc1Oc1ccnc(-c2cnn(C)c2)c1. The standard InChI is InChI=1S/C27H23F2N5O3.CH4O3S/c1-16-11-23(34(19-5-3-18(28)4-6-19)26(36)27(8-9-27)25(30)35)21(29)13-24(16)37-20-7-10-31-22(12-20)17-14-32-33(2)15-17;1-5(2,3)4/h3-7,10-15H,8-9H2,1-2H3,(H2,30,35);1H3,(H,2,3,4). The van der Waals surface area contributed by atoms with Crippen LogP contribution in [-0.4, -0.2) is 45.8 Å². The molecule has 0 spiro atoms. The molecule has 1 fully saturated rings. The smallest absolute Gasteiger partial charge is 0.261 e. The number of carbonyl (C=O) groups excluding carboxylic acids is 2. The molecule has 0 aliphatic heterocycles. The van der Waals surface area contributed by atoms with Gasteiger partial charge in [-0.1, -0.05) is 0 Å². The first kappa shape index (κ1) is 30.3. The van der Waals surface area contributed by atoms with Crippen LogP contribution in [0.4, 0.5) is 20.2 Å².